The predicted octanol–water partition coefficient (Wildman–Crippen LogP) is 2.15. The third kappa shape index (κ3) is 4.13. The summed E-state index contributed by atoms with van der Waals surface area (Å²) in [6.07, 6.45) is 4.63. The molecule has 0 spiro atoms. The monoisotopic (exact) mass is 294 g/mol. The van der Waals surface area contributed by atoms with Crippen LogP contribution in [0.3, 0.4) is 0 Å². The molecule has 0 aromatic carbocycles. The van der Waals surface area contributed by atoms with Crippen LogP contribution in [0.15, 0.2) is 23.4 Å². The number of nitrogens with one attached hydrogen (secondary N) is 1. The van der Waals surface area contributed by atoms with Gasteiger partial charge in [-0.1, -0.05) is 11.6 Å². The smallest absolute Gasteiger partial charge is 0.243 e. The first kappa shape index (κ1) is 14.8. The Morgan fingerprint density at radius 1 is 1.53 bits per heavy atom. The molecule has 0 unspecified atom stereocenters. The van der Waals surface area contributed by atoms with Gasteiger partial charge in [-0.2, -0.15) is 11.8 Å². The van der Waals surface area contributed by atoms with Crippen molar-refractivity contribution in [3.05, 3.63) is 23.5 Å². The van der Waals surface area contributed by atoms with E-state index >= 15 is 0 Å². The standard InChI is InChI=1S/C10H15ClN2O2S2/c1-10(2,16-3)7-13-17(14,15)9-6-12-5-4-8(9)11/h4-6,13H,7H2,1-3H3. The number of halogens is 1. The molecular weight excluding hydrogens is 280 g/mol. The second kappa shape index (κ2) is 5.56. The molecule has 0 amide bonds. The minimum absolute atomic E-state index is 0.0126. The van der Waals surface area contributed by atoms with Gasteiger partial charge in [0.15, 0.2) is 0 Å². The molecule has 0 aliphatic rings. The Labute approximate surface area is 111 Å². The van der Waals surface area contributed by atoms with Crippen molar-refractivity contribution in [2.45, 2.75) is 23.5 Å². The fourth-order valence-electron chi connectivity index (χ4n) is 0.979. The molecule has 1 N–H and O–H groups in total. The molecule has 1 rings (SSSR count). The van der Waals surface area contributed by atoms with Gasteiger partial charge in [-0.3, -0.25) is 4.98 Å². The van der Waals surface area contributed by atoms with Gasteiger partial charge in [0.25, 0.3) is 0 Å². The molecule has 0 saturated heterocycles. The number of sulfonamides is 1. The van der Waals surface area contributed by atoms with Crippen molar-refractivity contribution in [2.75, 3.05) is 12.8 Å². The Hall–Kier alpha value is -0.300. The number of nitrogens with zero attached hydrogens (tertiary/aromatic N) is 1. The van der Waals surface area contributed by atoms with Crippen LogP contribution >= 0.6 is 23.4 Å². The molecule has 1 aromatic heterocycles. The number of hydrogen-bond acceptors (Lipinski definition) is 4. The first-order valence-electron chi connectivity index (χ1n) is 4.93. The van der Waals surface area contributed by atoms with E-state index in [2.05, 4.69) is 9.71 Å². The average molecular weight is 295 g/mol. The zero-order valence-corrected chi connectivity index (χ0v) is 12.3. The zero-order chi connectivity index (χ0) is 13.1. The highest BCUT2D eigenvalue weighted by Crippen LogP contribution is 2.22. The summed E-state index contributed by atoms with van der Waals surface area (Å²) < 4.78 is 26.3. The highest BCUT2D eigenvalue weighted by Gasteiger charge is 2.23. The maximum atomic E-state index is 12.0. The Bertz CT molecular complexity index is 489. The number of hydrogen-bond donors (Lipinski definition) is 1. The van der Waals surface area contributed by atoms with Gasteiger partial charge >= 0.3 is 0 Å². The first-order valence-corrected chi connectivity index (χ1v) is 8.01. The van der Waals surface area contributed by atoms with E-state index in [4.69, 9.17) is 11.6 Å². The van der Waals surface area contributed by atoms with Crippen LogP contribution in [0.5, 0.6) is 0 Å². The van der Waals surface area contributed by atoms with E-state index in [0.29, 0.717) is 6.54 Å². The molecule has 1 heterocycles. The van der Waals surface area contributed by atoms with Crippen LogP contribution < -0.4 is 4.72 Å². The maximum absolute atomic E-state index is 12.0. The van der Waals surface area contributed by atoms with Gasteiger partial charge in [-0.15, -0.1) is 0 Å². The number of aromatic nitrogens is 1. The van der Waals surface area contributed by atoms with Crippen LogP contribution in [-0.4, -0.2) is 30.9 Å². The summed E-state index contributed by atoms with van der Waals surface area (Å²) in [6.45, 7) is 4.26. The third-order valence-corrected chi connectivity index (χ3v) is 5.38. The number of pyridine rings is 1. The summed E-state index contributed by atoms with van der Waals surface area (Å²) in [6, 6.07) is 1.45. The molecule has 17 heavy (non-hydrogen) atoms. The molecule has 0 radical (unpaired) electrons. The molecule has 4 nitrogen and oxygen atoms in total. The summed E-state index contributed by atoms with van der Waals surface area (Å²) in [4.78, 5) is 3.78. The molecule has 7 heteroatoms. The Balaban J connectivity index is 2.88. The van der Waals surface area contributed by atoms with Crippen molar-refractivity contribution >= 4 is 33.4 Å². The lowest BCUT2D eigenvalue weighted by molar-refractivity contribution is 0.570. The van der Waals surface area contributed by atoms with Crippen molar-refractivity contribution in [1.82, 2.24) is 9.71 Å². The van der Waals surface area contributed by atoms with Gasteiger partial charge in [-0.05, 0) is 26.2 Å². The highest BCUT2D eigenvalue weighted by molar-refractivity contribution is 8.00. The molecule has 0 aliphatic heterocycles. The summed E-state index contributed by atoms with van der Waals surface area (Å²) in [7, 11) is -3.59. The van der Waals surface area contributed by atoms with E-state index in [0.717, 1.165) is 0 Å². The minimum Gasteiger partial charge on any atom is -0.263 e. The maximum Gasteiger partial charge on any atom is 0.243 e. The zero-order valence-electron chi connectivity index (χ0n) is 9.90. The molecule has 0 bridgehead atoms. The summed E-state index contributed by atoms with van der Waals surface area (Å²) in [5.41, 5.74) is 0. The number of thioether (sulfide) groups is 1. The van der Waals surface area contributed by atoms with Gasteiger partial charge in [0, 0.05) is 23.7 Å². The van der Waals surface area contributed by atoms with E-state index in [1.165, 1.54) is 18.5 Å². The van der Waals surface area contributed by atoms with Crippen LogP contribution in [0.1, 0.15) is 13.8 Å². The van der Waals surface area contributed by atoms with Crippen molar-refractivity contribution in [3.63, 3.8) is 0 Å². The molecule has 0 atom stereocenters. The lowest BCUT2D eigenvalue weighted by Gasteiger charge is -2.22. The van der Waals surface area contributed by atoms with Crippen LogP contribution in [-0.2, 0) is 10.0 Å². The summed E-state index contributed by atoms with van der Waals surface area (Å²) in [5.74, 6) is 0. The van der Waals surface area contributed by atoms with Gasteiger partial charge in [0.2, 0.25) is 10.0 Å². The fourth-order valence-corrected chi connectivity index (χ4v) is 2.93. The van der Waals surface area contributed by atoms with Crippen molar-refractivity contribution < 1.29 is 8.42 Å². The largest absolute Gasteiger partial charge is 0.263 e. The lowest BCUT2D eigenvalue weighted by atomic mass is 10.2. The molecule has 0 saturated carbocycles. The highest BCUT2D eigenvalue weighted by atomic mass is 35.5. The lowest BCUT2D eigenvalue weighted by Crippen LogP contribution is -2.36. The third-order valence-electron chi connectivity index (χ3n) is 2.26. The molecule has 96 valence electrons. The van der Waals surface area contributed by atoms with E-state index in [1.54, 1.807) is 11.8 Å². The molecule has 0 fully saturated rings. The van der Waals surface area contributed by atoms with Crippen LogP contribution in [0.25, 0.3) is 0 Å². The van der Waals surface area contributed by atoms with Gasteiger partial charge in [0.1, 0.15) is 4.90 Å². The first-order chi connectivity index (χ1) is 7.78. The second-order valence-electron chi connectivity index (χ2n) is 4.09. The minimum atomic E-state index is -3.59. The van der Waals surface area contributed by atoms with Crippen molar-refractivity contribution in [2.24, 2.45) is 0 Å². The predicted molar refractivity (Wildman–Crippen MR) is 72.0 cm³/mol. The van der Waals surface area contributed by atoms with Crippen molar-refractivity contribution in [3.8, 4) is 0 Å². The van der Waals surface area contributed by atoms with E-state index in [-0.39, 0.29) is 14.7 Å². The van der Waals surface area contributed by atoms with E-state index < -0.39 is 10.0 Å². The average Bonchev–Trinajstić information content (AvgIpc) is 2.27. The SMILES string of the molecule is CSC(C)(C)CNS(=O)(=O)c1cnccc1Cl. The van der Waals surface area contributed by atoms with Crippen LogP contribution in [0, 0.1) is 0 Å². The van der Waals surface area contributed by atoms with Crippen LogP contribution in [0.4, 0.5) is 0 Å². The van der Waals surface area contributed by atoms with E-state index in [9.17, 15) is 8.42 Å². The quantitative estimate of drug-likeness (QED) is 0.904. The van der Waals surface area contributed by atoms with Gasteiger partial charge in [-0.25, -0.2) is 13.1 Å². The number of rotatable bonds is 5. The van der Waals surface area contributed by atoms with E-state index in [1.807, 2.05) is 20.1 Å². The molecule has 0 aliphatic carbocycles. The van der Waals surface area contributed by atoms with Gasteiger partial charge < -0.3 is 0 Å². The van der Waals surface area contributed by atoms with Crippen molar-refractivity contribution in [1.29, 1.82) is 0 Å². The summed E-state index contributed by atoms with van der Waals surface area (Å²) in [5, 5.41) is 0.175. The Morgan fingerprint density at radius 2 is 2.18 bits per heavy atom. The van der Waals surface area contributed by atoms with Gasteiger partial charge in [0.05, 0.1) is 5.02 Å². The Morgan fingerprint density at radius 3 is 2.71 bits per heavy atom. The normalized spacial score (nSPS) is 12.7. The Kier molecular flexibility index (Phi) is 4.83. The second-order valence-corrected chi connectivity index (χ2v) is 7.75. The summed E-state index contributed by atoms with van der Waals surface area (Å²) >= 11 is 7.42. The molecule has 1 aromatic rings. The molecular formula is C10H15ClN2O2S2. The topological polar surface area (TPSA) is 59.1 Å². The fraction of sp³-hybridized carbons (Fsp3) is 0.500. The van der Waals surface area contributed by atoms with Crippen LogP contribution in [0.2, 0.25) is 5.02 Å².